The van der Waals surface area contributed by atoms with Gasteiger partial charge in [0, 0.05) is 0 Å². The molecule has 0 N–H and O–H groups in total. The van der Waals surface area contributed by atoms with Crippen LogP contribution in [0.1, 0.15) is 22.3 Å². The smallest absolute Gasteiger partial charge is 0.0666 e. The van der Waals surface area contributed by atoms with Crippen LogP contribution in [0, 0.1) is 0 Å². The van der Waals surface area contributed by atoms with Crippen molar-refractivity contribution in [1.29, 1.82) is 0 Å². The lowest BCUT2D eigenvalue weighted by molar-refractivity contribution is 0.776. The van der Waals surface area contributed by atoms with Gasteiger partial charge in [0.05, 0.1) is 5.41 Å². The van der Waals surface area contributed by atoms with Crippen LogP contribution in [0.4, 0.5) is 0 Å². The second-order valence-electron chi connectivity index (χ2n) is 12.0. The minimum atomic E-state index is -0.376. The molecule has 10 rings (SSSR count). The molecule has 2 aliphatic heterocycles. The fourth-order valence-electron chi connectivity index (χ4n) is 8.55. The molecule has 0 aromatic heterocycles. The Morgan fingerprint density at radius 1 is 0.357 bits per heavy atom. The Hall–Kier alpha value is -5.14. The lowest BCUT2D eigenvalue weighted by Gasteiger charge is -2.42. The average molecular weight is 528 g/mol. The van der Waals surface area contributed by atoms with E-state index < -0.39 is 0 Å². The molecule has 192 valence electrons. The third kappa shape index (κ3) is 2.65. The van der Waals surface area contributed by atoms with E-state index >= 15 is 0 Å². The van der Waals surface area contributed by atoms with Gasteiger partial charge >= 0.3 is 0 Å². The first kappa shape index (κ1) is 22.5. The van der Waals surface area contributed by atoms with E-state index in [0.717, 1.165) is 0 Å². The predicted octanol–water partition coefficient (Wildman–Crippen LogP) is 7.68. The quantitative estimate of drug-likeness (QED) is 0.192. The van der Waals surface area contributed by atoms with Gasteiger partial charge in [-0.1, -0.05) is 156 Å². The third-order valence-corrected chi connectivity index (χ3v) is 10.2. The van der Waals surface area contributed by atoms with Crippen molar-refractivity contribution in [3.05, 3.63) is 174 Å². The Bertz CT molecular complexity index is 2270. The van der Waals surface area contributed by atoms with Crippen molar-refractivity contribution in [3.63, 3.8) is 0 Å². The highest BCUT2D eigenvalue weighted by Gasteiger charge is 2.54. The summed E-state index contributed by atoms with van der Waals surface area (Å²) in [6.07, 6.45) is 0. The van der Waals surface area contributed by atoms with E-state index in [9.17, 15) is 0 Å². The summed E-state index contributed by atoms with van der Waals surface area (Å²) in [5.74, 6) is 0. The van der Waals surface area contributed by atoms with Gasteiger partial charge in [0.2, 0.25) is 6.71 Å². The second kappa shape index (κ2) is 7.99. The maximum absolute atomic E-state index is 2.50. The first-order chi connectivity index (χ1) is 20.8. The molecule has 7 aromatic carbocycles. The van der Waals surface area contributed by atoms with Gasteiger partial charge in [-0.25, -0.2) is 0 Å². The van der Waals surface area contributed by atoms with Crippen molar-refractivity contribution < 1.29 is 0 Å². The SMILES string of the molecule is c1ccc2c(c1)B1c3ccccc3C3(c4ccccc4-c4ccc(-c5ccc6ccccc6c5)cc43)c3cccc-2c31. The largest absolute Gasteiger partial charge is 0.243 e. The molecule has 0 saturated carbocycles. The summed E-state index contributed by atoms with van der Waals surface area (Å²) in [5, 5.41) is 2.55. The van der Waals surface area contributed by atoms with Crippen LogP contribution >= 0.6 is 0 Å². The van der Waals surface area contributed by atoms with Crippen LogP contribution in [0.25, 0.3) is 44.2 Å². The highest BCUT2D eigenvalue weighted by atomic mass is 14.5. The molecule has 1 atom stereocenters. The van der Waals surface area contributed by atoms with E-state index in [-0.39, 0.29) is 12.1 Å². The van der Waals surface area contributed by atoms with Gasteiger partial charge in [0.15, 0.2) is 0 Å². The lowest BCUT2D eigenvalue weighted by Crippen LogP contribution is -2.59. The van der Waals surface area contributed by atoms with E-state index in [1.165, 1.54) is 82.8 Å². The lowest BCUT2D eigenvalue weighted by atomic mass is 9.32. The van der Waals surface area contributed by atoms with E-state index in [2.05, 4.69) is 152 Å². The van der Waals surface area contributed by atoms with E-state index in [1.54, 1.807) is 0 Å². The first-order valence-corrected chi connectivity index (χ1v) is 14.9. The molecule has 1 heteroatoms. The summed E-state index contributed by atoms with van der Waals surface area (Å²) in [6, 6.07) is 57.2. The molecule has 2 heterocycles. The molecule has 0 bridgehead atoms. The topological polar surface area (TPSA) is 0 Å². The zero-order valence-electron chi connectivity index (χ0n) is 23.0. The molecule has 0 nitrogen and oxygen atoms in total. The average Bonchev–Trinajstić information content (AvgIpc) is 3.55. The molecule has 0 amide bonds. The summed E-state index contributed by atoms with van der Waals surface area (Å²) in [4.78, 5) is 0. The Morgan fingerprint density at radius 3 is 1.88 bits per heavy atom. The second-order valence-corrected chi connectivity index (χ2v) is 12.0. The molecule has 1 aliphatic carbocycles. The summed E-state index contributed by atoms with van der Waals surface area (Å²) < 4.78 is 0. The molecule has 1 spiro atoms. The van der Waals surface area contributed by atoms with Gasteiger partial charge in [0.1, 0.15) is 0 Å². The van der Waals surface area contributed by atoms with Gasteiger partial charge in [-0.05, 0) is 78.5 Å². The van der Waals surface area contributed by atoms with Crippen LogP contribution in [-0.2, 0) is 5.41 Å². The van der Waals surface area contributed by atoms with Crippen LogP contribution in [0.5, 0.6) is 0 Å². The van der Waals surface area contributed by atoms with E-state index in [0.29, 0.717) is 0 Å². The van der Waals surface area contributed by atoms with Gasteiger partial charge in [-0.3, -0.25) is 0 Å². The van der Waals surface area contributed by atoms with E-state index in [1.807, 2.05) is 0 Å². The number of hydrogen-bond donors (Lipinski definition) is 0. The van der Waals surface area contributed by atoms with Gasteiger partial charge in [-0.2, -0.15) is 0 Å². The van der Waals surface area contributed by atoms with Gasteiger partial charge in [0.25, 0.3) is 0 Å². The molecular weight excluding hydrogens is 503 g/mol. The van der Waals surface area contributed by atoms with Crippen molar-refractivity contribution >= 4 is 33.9 Å². The van der Waals surface area contributed by atoms with Crippen LogP contribution in [0.3, 0.4) is 0 Å². The highest BCUT2D eigenvalue weighted by Crippen LogP contribution is 2.57. The monoisotopic (exact) mass is 528 g/mol. The van der Waals surface area contributed by atoms with Crippen molar-refractivity contribution in [2.75, 3.05) is 0 Å². The summed E-state index contributed by atoms with van der Waals surface area (Å²) >= 11 is 0. The summed E-state index contributed by atoms with van der Waals surface area (Å²) in [5.41, 5.74) is 17.6. The molecule has 7 aromatic rings. The fraction of sp³-hybridized carbons (Fsp3) is 0.0244. The Kier molecular flexibility index (Phi) is 4.29. The number of fused-ring (bicyclic) bond motifs is 13. The highest BCUT2D eigenvalue weighted by molar-refractivity contribution is 7.00. The van der Waals surface area contributed by atoms with Gasteiger partial charge in [-0.15, -0.1) is 0 Å². The van der Waals surface area contributed by atoms with Crippen LogP contribution in [-0.4, -0.2) is 6.71 Å². The number of benzene rings is 7. The Morgan fingerprint density at radius 2 is 0.976 bits per heavy atom. The zero-order chi connectivity index (χ0) is 27.4. The summed E-state index contributed by atoms with van der Waals surface area (Å²) in [7, 11) is 0. The first-order valence-electron chi connectivity index (χ1n) is 14.9. The fourth-order valence-corrected chi connectivity index (χ4v) is 8.55. The molecule has 0 radical (unpaired) electrons. The van der Waals surface area contributed by atoms with E-state index in [4.69, 9.17) is 0 Å². The van der Waals surface area contributed by atoms with Crippen molar-refractivity contribution in [2.24, 2.45) is 0 Å². The van der Waals surface area contributed by atoms with Crippen LogP contribution in [0.15, 0.2) is 152 Å². The maximum atomic E-state index is 2.50. The normalized spacial score (nSPS) is 16.6. The molecule has 1 unspecified atom stereocenters. The maximum Gasteiger partial charge on any atom is 0.243 e. The van der Waals surface area contributed by atoms with Crippen molar-refractivity contribution in [1.82, 2.24) is 0 Å². The predicted molar refractivity (Wildman–Crippen MR) is 177 cm³/mol. The Balaban J connectivity index is 1.33. The Labute approximate surface area is 246 Å². The van der Waals surface area contributed by atoms with Crippen molar-refractivity contribution in [2.45, 2.75) is 5.41 Å². The standard InChI is InChI=1S/C41H25B/c1-2-11-27-24-28(21-20-26(27)10-1)29-22-23-31-30-12-3-5-15-34(30)41(37(31)25-29)35-16-6-8-19-39(35)42-38-18-7-4-13-32(38)33-14-9-17-36(41)40(33)42/h1-25H. The summed E-state index contributed by atoms with van der Waals surface area (Å²) in [6.45, 7) is 0.258. The van der Waals surface area contributed by atoms with Gasteiger partial charge < -0.3 is 0 Å². The minimum absolute atomic E-state index is 0.258. The molecule has 0 saturated heterocycles. The number of hydrogen-bond acceptors (Lipinski definition) is 0. The molecule has 0 fully saturated rings. The number of rotatable bonds is 1. The minimum Gasteiger partial charge on any atom is -0.0666 e. The van der Waals surface area contributed by atoms with Crippen molar-refractivity contribution in [3.8, 4) is 33.4 Å². The van der Waals surface area contributed by atoms with Crippen LogP contribution < -0.4 is 16.4 Å². The zero-order valence-corrected chi connectivity index (χ0v) is 23.0. The molecule has 3 aliphatic rings. The van der Waals surface area contributed by atoms with Crippen LogP contribution in [0.2, 0.25) is 0 Å². The third-order valence-electron chi connectivity index (χ3n) is 10.2. The molecule has 42 heavy (non-hydrogen) atoms. The molecular formula is C41H25B.